The Labute approximate surface area is 174 Å². The van der Waals surface area contributed by atoms with Crippen molar-refractivity contribution in [2.24, 2.45) is 0 Å². The van der Waals surface area contributed by atoms with E-state index in [0.29, 0.717) is 11.8 Å². The summed E-state index contributed by atoms with van der Waals surface area (Å²) >= 11 is 0. The molecule has 1 aromatic heterocycles. The number of ether oxygens (including phenoxy) is 2. The topological polar surface area (TPSA) is 37.8 Å². The largest absolute Gasteiger partial charge is 0.481 e. The summed E-state index contributed by atoms with van der Waals surface area (Å²) in [5.74, 6) is 4.02. The van der Waals surface area contributed by atoms with E-state index in [2.05, 4.69) is 53.6 Å². The van der Waals surface area contributed by atoms with E-state index in [1.807, 2.05) is 24.3 Å². The Hall–Kier alpha value is -2.55. The second kappa shape index (κ2) is 8.86. The summed E-state index contributed by atoms with van der Waals surface area (Å²) in [4.78, 5) is 9.33. The first-order valence-corrected chi connectivity index (χ1v) is 9.99. The molecule has 1 unspecified atom stereocenters. The molecule has 1 aliphatic heterocycles. The minimum absolute atomic E-state index is 0.0571. The molecule has 0 spiro atoms. The Balaban J connectivity index is 1.88. The van der Waals surface area contributed by atoms with Crippen molar-refractivity contribution in [1.29, 1.82) is 0 Å². The SMILES string of the molecule is C#Cc1ccccc1C1CN(Cc2cc(OC)nc(OC)c2)CCN1C(C)(C)C. The van der Waals surface area contributed by atoms with Crippen LogP contribution < -0.4 is 9.47 Å². The van der Waals surface area contributed by atoms with Crippen LogP contribution in [0, 0.1) is 12.3 Å². The van der Waals surface area contributed by atoms with Crippen molar-refractivity contribution in [1.82, 2.24) is 14.8 Å². The lowest BCUT2D eigenvalue weighted by Gasteiger charge is -2.48. The number of terminal acetylenes is 1. The Bertz CT molecular complexity index is 860. The predicted molar refractivity (Wildman–Crippen MR) is 116 cm³/mol. The van der Waals surface area contributed by atoms with E-state index in [4.69, 9.17) is 15.9 Å². The lowest BCUT2D eigenvalue weighted by Crippen LogP contribution is -2.54. The van der Waals surface area contributed by atoms with Crippen molar-refractivity contribution >= 4 is 0 Å². The fraction of sp³-hybridized carbons (Fsp3) is 0.458. The van der Waals surface area contributed by atoms with Crippen LogP contribution >= 0.6 is 0 Å². The molecule has 0 amide bonds. The Morgan fingerprint density at radius 2 is 1.76 bits per heavy atom. The highest BCUT2D eigenvalue weighted by Gasteiger charge is 2.35. The zero-order valence-electron chi connectivity index (χ0n) is 18.1. The van der Waals surface area contributed by atoms with Gasteiger partial charge in [-0.2, -0.15) is 4.98 Å². The molecule has 154 valence electrons. The van der Waals surface area contributed by atoms with Crippen LogP contribution in [-0.4, -0.2) is 54.2 Å². The highest BCUT2D eigenvalue weighted by atomic mass is 16.5. The number of hydrogen-bond donors (Lipinski definition) is 0. The van der Waals surface area contributed by atoms with Crippen LogP contribution in [0.5, 0.6) is 11.8 Å². The van der Waals surface area contributed by atoms with Crippen LogP contribution in [-0.2, 0) is 6.54 Å². The molecule has 0 aliphatic carbocycles. The number of rotatable bonds is 5. The summed E-state index contributed by atoms with van der Waals surface area (Å²) < 4.78 is 10.7. The van der Waals surface area contributed by atoms with Gasteiger partial charge in [0.1, 0.15) is 0 Å². The molecule has 5 nitrogen and oxygen atoms in total. The van der Waals surface area contributed by atoms with Gasteiger partial charge in [-0.3, -0.25) is 9.80 Å². The van der Waals surface area contributed by atoms with Gasteiger partial charge in [0.2, 0.25) is 11.8 Å². The standard InChI is InChI=1S/C24H31N3O2/c1-7-19-10-8-9-11-20(19)21-17-26(12-13-27(21)24(2,3)4)16-18-14-22(28-5)25-23(15-18)29-6/h1,8-11,14-15,21H,12-13,16-17H2,2-6H3. The van der Waals surface area contributed by atoms with Gasteiger partial charge in [0.05, 0.1) is 14.2 Å². The van der Waals surface area contributed by atoms with Crippen molar-refractivity contribution in [2.45, 2.75) is 38.9 Å². The van der Waals surface area contributed by atoms with Crippen LogP contribution in [0.3, 0.4) is 0 Å². The zero-order chi connectivity index (χ0) is 21.0. The summed E-state index contributed by atoms with van der Waals surface area (Å²) in [6, 6.07) is 12.5. The summed E-state index contributed by atoms with van der Waals surface area (Å²) in [5.41, 5.74) is 3.38. The van der Waals surface area contributed by atoms with Crippen LogP contribution in [0.2, 0.25) is 0 Å². The summed E-state index contributed by atoms with van der Waals surface area (Å²) in [6.07, 6.45) is 5.82. The summed E-state index contributed by atoms with van der Waals surface area (Å²) in [5, 5.41) is 0. The molecule has 29 heavy (non-hydrogen) atoms. The third-order valence-electron chi connectivity index (χ3n) is 5.46. The average molecular weight is 394 g/mol. The molecule has 1 fully saturated rings. The molecule has 1 saturated heterocycles. The monoisotopic (exact) mass is 393 g/mol. The molecule has 0 saturated carbocycles. The first-order valence-electron chi connectivity index (χ1n) is 9.99. The molecular weight excluding hydrogens is 362 g/mol. The van der Waals surface area contributed by atoms with E-state index in [0.717, 1.165) is 37.3 Å². The minimum Gasteiger partial charge on any atom is -0.481 e. The van der Waals surface area contributed by atoms with Crippen LogP contribution in [0.1, 0.15) is 43.5 Å². The smallest absolute Gasteiger partial charge is 0.216 e. The molecule has 1 aromatic carbocycles. The average Bonchev–Trinajstić information content (AvgIpc) is 2.72. The van der Waals surface area contributed by atoms with Crippen LogP contribution in [0.15, 0.2) is 36.4 Å². The molecule has 2 aromatic rings. The fourth-order valence-corrected chi connectivity index (χ4v) is 4.06. The first kappa shape index (κ1) is 21.2. The van der Waals surface area contributed by atoms with Gasteiger partial charge in [-0.05, 0) is 38.0 Å². The normalized spacial score (nSPS) is 18.3. The van der Waals surface area contributed by atoms with E-state index in [1.165, 1.54) is 5.56 Å². The van der Waals surface area contributed by atoms with Gasteiger partial charge in [0, 0.05) is 55.5 Å². The van der Waals surface area contributed by atoms with Gasteiger partial charge in [-0.15, -0.1) is 6.42 Å². The quantitative estimate of drug-likeness (QED) is 0.724. The van der Waals surface area contributed by atoms with Crippen molar-refractivity contribution in [3.8, 4) is 24.1 Å². The van der Waals surface area contributed by atoms with Gasteiger partial charge in [-0.25, -0.2) is 0 Å². The number of benzene rings is 1. The minimum atomic E-state index is 0.0571. The van der Waals surface area contributed by atoms with E-state index in [1.54, 1.807) is 14.2 Å². The third-order valence-corrected chi connectivity index (χ3v) is 5.46. The van der Waals surface area contributed by atoms with Crippen molar-refractivity contribution in [3.63, 3.8) is 0 Å². The highest BCUT2D eigenvalue weighted by molar-refractivity contribution is 5.42. The number of nitrogens with zero attached hydrogens (tertiary/aromatic N) is 3. The van der Waals surface area contributed by atoms with Crippen molar-refractivity contribution < 1.29 is 9.47 Å². The summed E-state index contributed by atoms with van der Waals surface area (Å²) in [7, 11) is 3.25. The Kier molecular flexibility index (Phi) is 6.46. The maximum Gasteiger partial charge on any atom is 0.216 e. The van der Waals surface area contributed by atoms with E-state index >= 15 is 0 Å². The molecule has 2 heterocycles. The molecule has 1 atom stereocenters. The molecule has 5 heteroatoms. The van der Waals surface area contributed by atoms with E-state index < -0.39 is 0 Å². The number of pyridine rings is 1. The number of hydrogen-bond acceptors (Lipinski definition) is 5. The molecule has 0 radical (unpaired) electrons. The van der Waals surface area contributed by atoms with Crippen molar-refractivity contribution in [3.05, 3.63) is 53.1 Å². The number of aromatic nitrogens is 1. The Morgan fingerprint density at radius 1 is 1.10 bits per heavy atom. The van der Waals surface area contributed by atoms with Crippen LogP contribution in [0.25, 0.3) is 0 Å². The number of methoxy groups -OCH3 is 2. The van der Waals surface area contributed by atoms with Gasteiger partial charge in [-0.1, -0.05) is 24.1 Å². The van der Waals surface area contributed by atoms with Gasteiger partial charge >= 0.3 is 0 Å². The predicted octanol–water partition coefficient (Wildman–Crippen LogP) is 3.74. The van der Waals surface area contributed by atoms with Gasteiger partial charge < -0.3 is 9.47 Å². The molecule has 3 rings (SSSR count). The summed E-state index contributed by atoms with van der Waals surface area (Å²) in [6.45, 7) is 10.5. The Morgan fingerprint density at radius 3 is 2.34 bits per heavy atom. The number of piperazine rings is 1. The molecule has 0 bridgehead atoms. The maximum absolute atomic E-state index is 5.82. The van der Waals surface area contributed by atoms with Crippen LogP contribution in [0.4, 0.5) is 0 Å². The lowest BCUT2D eigenvalue weighted by atomic mass is 9.92. The third kappa shape index (κ3) is 4.90. The maximum atomic E-state index is 5.82. The van der Waals surface area contributed by atoms with Crippen molar-refractivity contribution in [2.75, 3.05) is 33.9 Å². The van der Waals surface area contributed by atoms with E-state index in [9.17, 15) is 0 Å². The second-order valence-electron chi connectivity index (χ2n) is 8.41. The second-order valence-corrected chi connectivity index (χ2v) is 8.41. The van der Waals surface area contributed by atoms with Gasteiger partial charge in [0.15, 0.2) is 0 Å². The fourth-order valence-electron chi connectivity index (χ4n) is 4.06. The van der Waals surface area contributed by atoms with E-state index in [-0.39, 0.29) is 11.6 Å². The highest BCUT2D eigenvalue weighted by Crippen LogP contribution is 2.34. The molecule has 1 aliphatic rings. The molecular formula is C24H31N3O2. The zero-order valence-corrected chi connectivity index (χ0v) is 18.1. The lowest BCUT2D eigenvalue weighted by molar-refractivity contribution is 0.00585. The molecule has 0 N–H and O–H groups in total. The van der Waals surface area contributed by atoms with Gasteiger partial charge in [0.25, 0.3) is 0 Å². The first-order chi connectivity index (χ1) is 13.9.